The number of hydrogen-bond acceptors (Lipinski definition) is 4. The molecule has 1 aliphatic heterocycles. The van der Waals surface area contributed by atoms with Crippen LogP contribution in [0.1, 0.15) is 52.4 Å². The Labute approximate surface area is 165 Å². The van der Waals surface area contributed by atoms with E-state index in [1.54, 1.807) is 0 Å². The summed E-state index contributed by atoms with van der Waals surface area (Å²) in [6.07, 6.45) is 7.05. The Kier molecular flexibility index (Phi) is 12.3. The molecule has 0 unspecified atom stereocenters. The average molecular weight is 398 g/mol. The van der Waals surface area contributed by atoms with Crippen LogP contribution in [0.3, 0.4) is 0 Å². The average Bonchev–Trinajstić information content (AvgIpc) is 2.54. The van der Waals surface area contributed by atoms with Gasteiger partial charge in [0, 0.05) is 31.6 Å². The highest BCUT2D eigenvalue weighted by Crippen LogP contribution is 2.36. The fourth-order valence-corrected chi connectivity index (χ4v) is 3.95. The molecule has 1 aliphatic carbocycles. The van der Waals surface area contributed by atoms with Crippen LogP contribution in [0.15, 0.2) is 0 Å². The molecular weight excluding hydrogens is 361 g/mol. The molecule has 2 rings (SSSR count). The summed E-state index contributed by atoms with van der Waals surface area (Å²) in [6, 6.07) is -0.376. The van der Waals surface area contributed by atoms with E-state index >= 15 is 0 Å². The minimum atomic E-state index is -0.376. The maximum Gasteiger partial charge on any atom is 0.236 e. The van der Waals surface area contributed by atoms with Gasteiger partial charge in [0.2, 0.25) is 5.91 Å². The number of nitrogens with zero attached hydrogens (tertiary/aromatic N) is 1. The van der Waals surface area contributed by atoms with Crippen molar-refractivity contribution in [1.82, 2.24) is 10.2 Å². The molecule has 2 aliphatic rings. The summed E-state index contributed by atoms with van der Waals surface area (Å²) in [5.41, 5.74) is 6.25. The highest BCUT2D eigenvalue weighted by molar-refractivity contribution is 5.85. The number of nitrogens with two attached hydrogens (primary N) is 1. The normalized spacial score (nSPS) is 21.8. The molecule has 150 valence electrons. The Morgan fingerprint density at radius 1 is 1.16 bits per heavy atom. The monoisotopic (exact) mass is 397 g/mol. The van der Waals surface area contributed by atoms with Crippen LogP contribution in [0, 0.1) is 11.3 Å². The number of halogens is 2. The molecular formula is C18H37Cl2N3O2. The van der Waals surface area contributed by atoms with Crippen LogP contribution in [0.5, 0.6) is 0 Å². The second kappa shape index (κ2) is 12.3. The van der Waals surface area contributed by atoms with Gasteiger partial charge in [0.05, 0.1) is 19.3 Å². The van der Waals surface area contributed by atoms with Crippen LogP contribution in [0.2, 0.25) is 0 Å². The lowest BCUT2D eigenvalue weighted by Gasteiger charge is -2.42. The number of nitrogens with one attached hydrogen (secondary N) is 1. The van der Waals surface area contributed by atoms with Crippen molar-refractivity contribution >= 4 is 30.7 Å². The smallest absolute Gasteiger partial charge is 0.236 e. The minimum Gasteiger partial charge on any atom is -0.379 e. The summed E-state index contributed by atoms with van der Waals surface area (Å²) in [5.74, 6) is 0.471. The van der Waals surface area contributed by atoms with Gasteiger partial charge in [-0.25, -0.2) is 0 Å². The van der Waals surface area contributed by atoms with E-state index in [4.69, 9.17) is 10.5 Å². The molecule has 0 spiro atoms. The third-order valence-electron chi connectivity index (χ3n) is 5.28. The van der Waals surface area contributed by atoms with Crippen molar-refractivity contribution in [2.24, 2.45) is 17.1 Å². The van der Waals surface area contributed by atoms with Gasteiger partial charge in [0.15, 0.2) is 0 Å². The Morgan fingerprint density at radius 3 is 2.32 bits per heavy atom. The lowest BCUT2D eigenvalue weighted by Crippen LogP contribution is -2.51. The largest absolute Gasteiger partial charge is 0.379 e. The number of amides is 1. The predicted molar refractivity (Wildman–Crippen MR) is 108 cm³/mol. The van der Waals surface area contributed by atoms with Crippen molar-refractivity contribution in [3.63, 3.8) is 0 Å². The third-order valence-corrected chi connectivity index (χ3v) is 5.28. The molecule has 0 radical (unpaired) electrons. The van der Waals surface area contributed by atoms with E-state index in [2.05, 4.69) is 24.1 Å². The van der Waals surface area contributed by atoms with Gasteiger partial charge in [0.25, 0.3) is 0 Å². The lowest BCUT2D eigenvalue weighted by molar-refractivity contribution is -0.123. The van der Waals surface area contributed by atoms with Gasteiger partial charge < -0.3 is 15.8 Å². The number of morpholine rings is 1. The van der Waals surface area contributed by atoms with E-state index in [0.717, 1.165) is 45.8 Å². The standard InChI is InChI=1S/C18H35N3O2.2ClH/c1-15(2)12-16(19)17(22)20-13-18(6-4-3-5-7-18)14-21-8-10-23-11-9-21;;/h15-16H,3-14,19H2,1-2H3,(H,20,22);2*1H/t16-;;/m0../s1. The molecule has 1 saturated carbocycles. The summed E-state index contributed by atoms with van der Waals surface area (Å²) in [4.78, 5) is 14.8. The zero-order valence-corrected chi connectivity index (χ0v) is 17.4. The molecule has 3 N–H and O–H groups in total. The molecule has 1 heterocycles. The van der Waals surface area contributed by atoms with Gasteiger partial charge in [-0.2, -0.15) is 0 Å². The first-order valence-corrected chi connectivity index (χ1v) is 9.34. The van der Waals surface area contributed by atoms with E-state index in [1.165, 1.54) is 32.1 Å². The molecule has 1 saturated heterocycles. The molecule has 25 heavy (non-hydrogen) atoms. The molecule has 2 fully saturated rings. The van der Waals surface area contributed by atoms with Crippen molar-refractivity contribution in [1.29, 1.82) is 0 Å². The Hall–Kier alpha value is -0.0700. The summed E-state index contributed by atoms with van der Waals surface area (Å²) < 4.78 is 5.46. The first kappa shape index (κ1) is 24.9. The van der Waals surface area contributed by atoms with Crippen molar-refractivity contribution < 1.29 is 9.53 Å². The van der Waals surface area contributed by atoms with Crippen LogP contribution in [-0.4, -0.2) is 56.2 Å². The zero-order chi connectivity index (χ0) is 16.7. The number of rotatable bonds is 7. The predicted octanol–water partition coefficient (Wildman–Crippen LogP) is 2.60. The van der Waals surface area contributed by atoms with E-state index in [1.807, 2.05) is 0 Å². The minimum absolute atomic E-state index is 0. The molecule has 1 amide bonds. The highest BCUT2D eigenvalue weighted by Gasteiger charge is 2.35. The van der Waals surface area contributed by atoms with Gasteiger partial charge in [-0.05, 0) is 25.2 Å². The number of carbonyl (C=O) groups excluding carboxylic acids is 1. The maximum absolute atomic E-state index is 12.3. The first-order chi connectivity index (χ1) is 11.0. The second-order valence-corrected chi connectivity index (χ2v) is 7.90. The Morgan fingerprint density at radius 2 is 1.76 bits per heavy atom. The van der Waals surface area contributed by atoms with Crippen LogP contribution >= 0.6 is 24.8 Å². The van der Waals surface area contributed by atoms with Crippen LogP contribution < -0.4 is 11.1 Å². The maximum atomic E-state index is 12.3. The van der Waals surface area contributed by atoms with Crippen molar-refractivity contribution in [2.45, 2.75) is 58.4 Å². The topological polar surface area (TPSA) is 67.6 Å². The summed E-state index contributed by atoms with van der Waals surface area (Å²) in [5, 5.41) is 3.17. The zero-order valence-electron chi connectivity index (χ0n) is 15.8. The van der Waals surface area contributed by atoms with Gasteiger partial charge >= 0.3 is 0 Å². The number of ether oxygens (including phenoxy) is 1. The molecule has 0 aromatic rings. The Bertz CT molecular complexity index is 371. The van der Waals surface area contributed by atoms with Crippen molar-refractivity contribution in [3.05, 3.63) is 0 Å². The molecule has 1 atom stereocenters. The molecule has 0 aromatic carbocycles. The summed E-state index contributed by atoms with van der Waals surface area (Å²) in [6.45, 7) is 9.77. The van der Waals surface area contributed by atoms with Crippen molar-refractivity contribution in [2.75, 3.05) is 39.4 Å². The van der Waals surface area contributed by atoms with Gasteiger partial charge in [-0.15, -0.1) is 24.8 Å². The third kappa shape index (κ3) is 8.44. The van der Waals surface area contributed by atoms with E-state index in [-0.39, 0.29) is 42.2 Å². The molecule has 5 nitrogen and oxygen atoms in total. The van der Waals surface area contributed by atoms with Gasteiger partial charge in [-0.3, -0.25) is 9.69 Å². The fraction of sp³-hybridized carbons (Fsp3) is 0.944. The van der Waals surface area contributed by atoms with Crippen LogP contribution in [0.25, 0.3) is 0 Å². The van der Waals surface area contributed by atoms with Crippen LogP contribution in [-0.2, 0) is 9.53 Å². The second-order valence-electron chi connectivity index (χ2n) is 7.90. The quantitative estimate of drug-likeness (QED) is 0.692. The highest BCUT2D eigenvalue weighted by atomic mass is 35.5. The van der Waals surface area contributed by atoms with E-state index in [0.29, 0.717) is 5.92 Å². The van der Waals surface area contributed by atoms with E-state index in [9.17, 15) is 4.79 Å². The summed E-state index contributed by atoms with van der Waals surface area (Å²) >= 11 is 0. The number of carbonyl (C=O) groups is 1. The summed E-state index contributed by atoms with van der Waals surface area (Å²) in [7, 11) is 0. The van der Waals surface area contributed by atoms with Crippen molar-refractivity contribution in [3.8, 4) is 0 Å². The molecule has 0 aromatic heterocycles. The Balaban J connectivity index is 0.00000288. The lowest BCUT2D eigenvalue weighted by atomic mass is 9.73. The first-order valence-electron chi connectivity index (χ1n) is 9.34. The fourth-order valence-electron chi connectivity index (χ4n) is 3.95. The molecule has 0 bridgehead atoms. The molecule has 7 heteroatoms. The number of hydrogen-bond donors (Lipinski definition) is 2. The van der Waals surface area contributed by atoms with Gasteiger partial charge in [-0.1, -0.05) is 33.1 Å². The SMILES string of the molecule is CC(C)C[C@H](N)C(=O)NCC1(CN2CCOCC2)CCCCC1.Cl.Cl. The van der Waals surface area contributed by atoms with Gasteiger partial charge in [0.1, 0.15) is 0 Å². The van der Waals surface area contributed by atoms with Crippen LogP contribution in [0.4, 0.5) is 0 Å². The van der Waals surface area contributed by atoms with E-state index < -0.39 is 0 Å².